The lowest BCUT2D eigenvalue weighted by Gasteiger charge is -2.22. The van der Waals surface area contributed by atoms with Crippen LogP contribution < -0.4 is 4.90 Å². The van der Waals surface area contributed by atoms with Crippen LogP contribution in [0.1, 0.15) is 39.0 Å². The molecule has 2 aromatic rings. The third kappa shape index (κ3) is 3.09. The quantitative estimate of drug-likeness (QED) is 0.623. The Morgan fingerprint density at radius 3 is 2.80 bits per heavy atom. The number of benzene rings is 1. The number of carbonyl (C=O) groups is 2. The van der Waals surface area contributed by atoms with Gasteiger partial charge in [0.1, 0.15) is 5.82 Å². The van der Waals surface area contributed by atoms with Crippen molar-refractivity contribution < 1.29 is 9.59 Å². The number of nitrogens with zero attached hydrogens (tertiary/aromatic N) is 2. The van der Waals surface area contributed by atoms with Gasteiger partial charge in [0.25, 0.3) is 0 Å². The van der Waals surface area contributed by atoms with Crippen LogP contribution in [0.3, 0.4) is 0 Å². The maximum Gasteiger partial charge on any atom is 0.238 e. The molecule has 1 saturated heterocycles. The van der Waals surface area contributed by atoms with Crippen molar-refractivity contribution in [1.29, 1.82) is 0 Å². The molecule has 2 unspecified atom stereocenters. The largest absolute Gasteiger partial charge is 0.274 e. The first-order chi connectivity index (χ1) is 12.1. The van der Waals surface area contributed by atoms with Crippen molar-refractivity contribution in [2.45, 2.75) is 39.0 Å². The third-order valence-electron chi connectivity index (χ3n) is 5.42. The van der Waals surface area contributed by atoms with Crippen LogP contribution in [-0.4, -0.2) is 16.8 Å². The Morgan fingerprint density at radius 2 is 2.00 bits per heavy atom. The Morgan fingerprint density at radius 1 is 1.16 bits per heavy atom. The van der Waals surface area contributed by atoms with Crippen LogP contribution in [0.4, 0.5) is 5.82 Å². The van der Waals surface area contributed by atoms with Gasteiger partial charge in [-0.3, -0.25) is 9.59 Å². The number of para-hydroxylation sites is 1. The summed E-state index contributed by atoms with van der Waals surface area (Å²) in [5.74, 6) is 0.558. The molecular weight excluding hydrogens is 312 g/mol. The average molecular weight is 334 g/mol. The van der Waals surface area contributed by atoms with Gasteiger partial charge in [-0.1, -0.05) is 29.8 Å². The molecule has 2 heterocycles. The summed E-state index contributed by atoms with van der Waals surface area (Å²) < 4.78 is 0. The summed E-state index contributed by atoms with van der Waals surface area (Å²) >= 11 is 0. The van der Waals surface area contributed by atoms with Crippen LogP contribution in [0.2, 0.25) is 0 Å². The minimum Gasteiger partial charge on any atom is -0.274 e. The first-order valence-corrected chi connectivity index (χ1v) is 9.00. The molecule has 0 N–H and O–H groups in total. The molecule has 0 saturated carbocycles. The number of rotatable bonds is 3. The minimum absolute atomic E-state index is 0.0842. The smallest absolute Gasteiger partial charge is 0.238 e. The standard InChI is InChI=1S/C21H22N2O2/c1-14-6-8-15(9-7-14)12-17-13-20(24)23(21(17)25)19-11-10-16-4-2-3-5-18(16)22-19/h2-6,10-11,15,17H,7-9,12-13H2,1H3. The molecule has 0 bridgehead atoms. The zero-order valence-electron chi connectivity index (χ0n) is 14.4. The zero-order valence-corrected chi connectivity index (χ0v) is 14.4. The molecule has 0 radical (unpaired) electrons. The van der Waals surface area contributed by atoms with E-state index in [1.807, 2.05) is 30.3 Å². The van der Waals surface area contributed by atoms with E-state index in [2.05, 4.69) is 18.0 Å². The van der Waals surface area contributed by atoms with Crippen LogP contribution in [0.15, 0.2) is 48.0 Å². The Hall–Kier alpha value is -2.49. The molecule has 2 atom stereocenters. The number of carbonyl (C=O) groups excluding carboxylic acids is 2. The molecule has 25 heavy (non-hydrogen) atoms. The van der Waals surface area contributed by atoms with E-state index in [1.54, 1.807) is 6.07 Å². The van der Waals surface area contributed by atoms with E-state index in [1.165, 1.54) is 10.5 Å². The van der Waals surface area contributed by atoms with Gasteiger partial charge >= 0.3 is 0 Å². The van der Waals surface area contributed by atoms with Crippen LogP contribution in [0, 0.1) is 11.8 Å². The van der Waals surface area contributed by atoms with Gasteiger partial charge in [-0.25, -0.2) is 9.88 Å². The van der Waals surface area contributed by atoms with Crippen molar-refractivity contribution in [3.05, 3.63) is 48.0 Å². The first kappa shape index (κ1) is 16.0. The van der Waals surface area contributed by atoms with E-state index >= 15 is 0 Å². The van der Waals surface area contributed by atoms with Crippen LogP contribution in [0.5, 0.6) is 0 Å². The van der Waals surface area contributed by atoms with Crippen molar-refractivity contribution in [3.63, 3.8) is 0 Å². The fourth-order valence-corrected chi connectivity index (χ4v) is 3.94. The number of aromatic nitrogens is 1. The van der Waals surface area contributed by atoms with Gasteiger partial charge in [0.2, 0.25) is 11.8 Å². The van der Waals surface area contributed by atoms with Crippen molar-refractivity contribution in [1.82, 2.24) is 4.98 Å². The third-order valence-corrected chi connectivity index (χ3v) is 5.42. The van der Waals surface area contributed by atoms with Crippen molar-refractivity contribution >= 4 is 28.5 Å². The highest BCUT2D eigenvalue weighted by Crippen LogP contribution is 2.34. The lowest BCUT2D eigenvalue weighted by Crippen LogP contribution is -2.31. The zero-order chi connectivity index (χ0) is 17.4. The number of pyridine rings is 1. The topological polar surface area (TPSA) is 50.3 Å². The van der Waals surface area contributed by atoms with Gasteiger partial charge < -0.3 is 0 Å². The Bertz CT molecular complexity index is 871. The lowest BCUT2D eigenvalue weighted by atomic mass is 9.83. The fourth-order valence-electron chi connectivity index (χ4n) is 3.94. The Balaban J connectivity index is 1.54. The highest BCUT2D eigenvalue weighted by atomic mass is 16.2. The van der Waals surface area contributed by atoms with Crippen molar-refractivity contribution in [2.75, 3.05) is 4.90 Å². The second kappa shape index (κ2) is 6.43. The van der Waals surface area contributed by atoms with Gasteiger partial charge in [0, 0.05) is 17.7 Å². The van der Waals surface area contributed by atoms with Crippen LogP contribution in [-0.2, 0) is 9.59 Å². The number of allylic oxidation sites excluding steroid dienone is 2. The van der Waals surface area contributed by atoms with Gasteiger partial charge in [-0.2, -0.15) is 0 Å². The molecule has 1 aliphatic carbocycles. The fraction of sp³-hybridized carbons (Fsp3) is 0.381. The summed E-state index contributed by atoms with van der Waals surface area (Å²) in [5.41, 5.74) is 2.24. The maximum atomic E-state index is 12.8. The monoisotopic (exact) mass is 334 g/mol. The summed E-state index contributed by atoms with van der Waals surface area (Å²) in [6, 6.07) is 11.4. The molecule has 1 fully saturated rings. The molecule has 4 heteroatoms. The number of amides is 2. The predicted molar refractivity (Wildman–Crippen MR) is 98.1 cm³/mol. The number of fused-ring (bicyclic) bond motifs is 1. The predicted octanol–water partition coefficient (Wildman–Crippen LogP) is 4.25. The molecular formula is C21H22N2O2. The Labute approximate surface area is 147 Å². The minimum atomic E-state index is -0.197. The van der Waals surface area contributed by atoms with Gasteiger partial charge in [0.15, 0.2) is 0 Å². The molecule has 4 rings (SSSR count). The maximum absolute atomic E-state index is 12.8. The summed E-state index contributed by atoms with van der Waals surface area (Å²) in [4.78, 5) is 31.1. The molecule has 2 aliphatic rings. The second-order valence-corrected chi connectivity index (χ2v) is 7.26. The molecule has 1 aromatic heterocycles. The highest BCUT2D eigenvalue weighted by molar-refractivity contribution is 6.20. The first-order valence-electron chi connectivity index (χ1n) is 9.00. The van der Waals surface area contributed by atoms with E-state index in [0.717, 1.165) is 36.6 Å². The molecule has 128 valence electrons. The van der Waals surface area contributed by atoms with E-state index in [9.17, 15) is 9.59 Å². The van der Waals surface area contributed by atoms with E-state index in [0.29, 0.717) is 18.2 Å². The SMILES string of the molecule is CC1=CCC(CC2CC(=O)N(c3ccc4ccccc4n3)C2=O)CC1. The summed E-state index contributed by atoms with van der Waals surface area (Å²) in [6.07, 6.45) is 6.64. The van der Waals surface area contributed by atoms with Crippen molar-refractivity contribution in [3.8, 4) is 0 Å². The average Bonchev–Trinajstić information content (AvgIpc) is 2.90. The van der Waals surface area contributed by atoms with E-state index < -0.39 is 0 Å². The van der Waals surface area contributed by atoms with Gasteiger partial charge in [-0.15, -0.1) is 0 Å². The number of imide groups is 1. The highest BCUT2D eigenvalue weighted by Gasteiger charge is 2.41. The number of hydrogen-bond acceptors (Lipinski definition) is 3. The van der Waals surface area contributed by atoms with E-state index in [-0.39, 0.29) is 17.7 Å². The molecule has 2 amide bonds. The molecule has 4 nitrogen and oxygen atoms in total. The summed E-state index contributed by atoms with van der Waals surface area (Å²) in [7, 11) is 0. The lowest BCUT2D eigenvalue weighted by molar-refractivity contribution is -0.122. The summed E-state index contributed by atoms with van der Waals surface area (Å²) in [6.45, 7) is 2.16. The summed E-state index contributed by atoms with van der Waals surface area (Å²) in [5, 5.41) is 1.01. The molecule has 0 spiro atoms. The molecule has 1 aromatic carbocycles. The number of hydrogen-bond donors (Lipinski definition) is 0. The van der Waals surface area contributed by atoms with E-state index in [4.69, 9.17) is 0 Å². The van der Waals surface area contributed by atoms with Crippen LogP contribution in [0.25, 0.3) is 10.9 Å². The normalized spacial score (nSPS) is 24.0. The molecule has 1 aliphatic heterocycles. The van der Waals surface area contributed by atoms with Gasteiger partial charge in [0.05, 0.1) is 5.52 Å². The second-order valence-electron chi connectivity index (χ2n) is 7.26. The number of anilines is 1. The Kier molecular flexibility index (Phi) is 4.12. The van der Waals surface area contributed by atoms with Gasteiger partial charge in [-0.05, 0) is 56.7 Å². The van der Waals surface area contributed by atoms with Crippen molar-refractivity contribution in [2.24, 2.45) is 11.8 Å². The van der Waals surface area contributed by atoms with Crippen LogP contribution >= 0.6 is 0 Å².